The van der Waals surface area contributed by atoms with Crippen LogP contribution in [0.4, 0.5) is 0 Å². The molecule has 1 saturated heterocycles. The topological polar surface area (TPSA) is 31.0 Å². The highest BCUT2D eigenvalue weighted by molar-refractivity contribution is 5.54. The van der Waals surface area contributed by atoms with Gasteiger partial charge < -0.3 is 14.2 Å². The number of hydrogen-bond acceptors (Lipinski definition) is 3. The minimum Gasteiger partial charge on any atom is -0.496 e. The molecule has 0 bridgehead atoms. The van der Waals surface area contributed by atoms with Gasteiger partial charge >= 0.3 is 0 Å². The molecule has 2 unspecified atom stereocenters. The van der Waals surface area contributed by atoms with Crippen molar-refractivity contribution in [1.29, 1.82) is 0 Å². The van der Waals surface area contributed by atoms with Crippen LogP contribution < -0.4 is 9.47 Å². The zero-order valence-electron chi connectivity index (χ0n) is 10.5. The smallest absolute Gasteiger partial charge is 0.128 e. The van der Waals surface area contributed by atoms with Crippen molar-refractivity contribution in [2.24, 2.45) is 0 Å². The van der Waals surface area contributed by atoms with E-state index in [1.54, 1.807) is 14.2 Å². The second-order valence-corrected chi connectivity index (χ2v) is 4.21. The summed E-state index contributed by atoms with van der Waals surface area (Å²) < 4.78 is 16.3. The molecule has 1 heterocycles. The minimum atomic E-state index is 0.156. The minimum absolute atomic E-state index is 0.156. The van der Waals surface area contributed by atoms with E-state index in [1.807, 2.05) is 19.9 Å². The summed E-state index contributed by atoms with van der Waals surface area (Å²) in [6, 6.07) is 2.02. The van der Waals surface area contributed by atoms with Crippen molar-refractivity contribution in [3.63, 3.8) is 0 Å². The summed E-state index contributed by atoms with van der Waals surface area (Å²) in [6.07, 6.45) is 0.434. The lowest BCUT2D eigenvalue weighted by Crippen LogP contribution is -2.00. The third-order valence-electron chi connectivity index (χ3n) is 3.26. The Labute approximate surface area is 96.3 Å². The van der Waals surface area contributed by atoms with Crippen molar-refractivity contribution in [2.45, 2.75) is 33.0 Å². The first-order chi connectivity index (χ1) is 7.60. The second kappa shape index (κ2) is 3.98. The molecule has 1 aromatic carbocycles. The third-order valence-corrected chi connectivity index (χ3v) is 3.26. The van der Waals surface area contributed by atoms with Crippen molar-refractivity contribution in [1.82, 2.24) is 0 Å². The highest BCUT2D eigenvalue weighted by Gasteiger charge is 2.39. The lowest BCUT2D eigenvalue weighted by atomic mass is 10.00. The molecule has 0 saturated carbocycles. The van der Waals surface area contributed by atoms with E-state index in [4.69, 9.17) is 14.2 Å². The standard InChI is InChI=1S/C13H18O3/c1-7-8(2)12(15-5)10(6-11(7)14-4)13-9(3)16-13/h6,9,13H,1-5H3. The Morgan fingerprint density at radius 2 is 1.75 bits per heavy atom. The number of hydrogen-bond donors (Lipinski definition) is 0. The molecule has 1 fully saturated rings. The predicted octanol–water partition coefficient (Wildman–Crippen LogP) is 2.78. The Kier molecular flexibility index (Phi) is 2.80. The van der Waals surface area contributed by atoms with E-state index < -0.39 is 0 Å². The van der Waals surface area contributed by atoms with Crippen LogP contribution in [0.15, 0.2) is 6.07 Å². The molecule has 1 aromatic rings. The lowest BCUT2D eigenvalue weighted by molar-refractivity contribution is 0.362. The van der Waals surface area contributed by atoms with E-state index in [2.05, 4.69) is 6.92 Å². The zero-order chi connectivity index (χ0) is 11.9. The normalized spacial score (nSPS) is 23.1. The van der Waals surface area contributed by atoms with Gasteiger partial charge in [-0.25, -0.2) is 0 Å². The van der Waals surface area contributed by atoms with Gasteiger partial charge in [0.1, 0.15) is 17.6 Å². The first kappa shape index (κ1) is 11.3. The molecule has 1 aliphatic rings. The number of epoxide rings is 1. The highest BCUT2D eigenvalue weighted by atomic mass is 16.6. The maximum absolute atomic E-state index is 5.50. The van der Waals surface area contributed by atoms with Gasteiger partial charge in [0.15, 0.2) is 0 Å². The van der Waals surface area contributed by atoms with Crippen LogP contribution in [-0.2, 0) is 4.74 Å². The fourth-order valence-corrected chi connectivity index (χ4v) is 2.09. The van der Waals surface area contributed by atoms with Gasteiger partial charge in [-0.15, -0.1) is 0 Å². The summed E-state index contributed by atoms with van der Waals surface area (Å²) in [5, 5.41) is 0. The predicted molar refractivity (Wildman–Crippen MR) is 62.3 cm³/mol. The summed E-state index contributed by atoms with van der Waals surface area (Å²) >= 11 is 0. The molecular formula is C13H18O3. The summed E-state index contributed by atoms with van der Waals surface area (Å²) in [6.45, 7) is 6.15. The first-order valence-corrected chi connectivity index (χ1v) is 5.47. The van der Waals surface area contributed by atoms with Gasteiger partial charge in [-0.05, 0) is 38.0 Å². The van der Waals surface area contributed by atoms with E-state index >= 15 is 0 Å². The summed E-state index contributed by atoms with van der Waals surface area (Å²) in [5.41, 5.74) is 3.34. The quantitative estimate of drug-likeness (QED) is 0.737. The summed E-state index contributed by atoms with van der Waals surface area (Å²) in [4.78, 5) is 0. The average Bonchev–Trinajstić information content (AvgIpc) is 2.99. The lowest BCUT2D eigenvalue weighted by Gasteiger charge is -2.15. The van der Waals surface area contributed by atoms with Gasteiger partial charge in [-0.1, -0.05) is 0 Å². The van der Waals surface area contributed by atoms with Crippen LogP contribution in [0, 0.1) is 13.8 Å². The fourth-order valence-electron chi connectivity index (χ4n) is 2.09. The molecule has 0 aromatic heterocycles. The number of ether oxygens (including phenoxy) is 3. The maximum atomic E-state index is 5.50. The molecule has 3 heteroatoms. The Balaban J connectivity index is 2.53. The van der Waals surface area contributed by atoms with Crippen molar-refractivity contribution < 1.29 is 14.2 Å². The van der Waals surface area contributed by atoms with Gasteiger partial charge in [0.05, 0.1) is 20.3 Å². The van der Waals surface area contributed by atoms with E-state index in [0.717, 1.165) is 28.2 Å². The molecule has 2 atom stereocenters. The van der Waals surface area contributed by atoms with Crippen LogP contribution in [0.25, 0.3) is 0 Å². The molecule has 88 valence electrons. The van der Waals surface area contributed by atoms with Crippen LogP contribution in [0.1, 0.15) is 29.7 Å². The summed E-state index contributed by atoms with van der Waals surface area (Å²) in [7, 11) is 3.39. The zero-order valence-corrected chi connectivity index (χ0v) is 10.5. The molecule has 1 aliphatic heterocycles. The highest BCUT2D eigenvalue weighted by Crippen LogP contribution is 2.46. The molecule has 0 aliphatic carbocycles. The van der Waals surface area contributed by atoms with Gasteiger partial charge in [0, 0.05) is 5.56 Å². The largest absolute Gasteiger partial charge is 0.496 e. The van der Waals surface area contributed by atoms with Crippen molar-refractivity contribution in [3.8, 4) is 11.5 Å². The van der Waals surface area contributed by atoms with Gasteiger partial charge in [-0.2, -0.15) is 0 Å². The molecule has 16 heavy (non-hydrogen) atoms. The van der Waals surface area contributed by atoms with Crippen LogP contribution in [0.5, 0.6) is 11.5 Å². The van der Waals surface area contributed by atoms with Gasteiger partial charge in [0.25, 0.3) is 0 Å². The summed E-state index contributed by atoms with van der Waals surface area (Å²) in [5.74, 6) is 1.82. The molecule has 2 rings (SSSR count). The van der Waals surface area contributed by atoms with Crippen LogP contribution in [0.3, 0.4) is 0 Å². The van der Waals surface area contributed by atoms with Gasteiger partial charge in [-0.3, -0.25) is 0 Å². The first-order valence-electron chi connectivity index (χ1n) is 5.47. The van der Waals surface area contributed by atoms with E-state index in [1.165, 1.54) is 0 Å². The monoisotopic (exact) mass is 222 g/mol. The Morgan fingerprint density at radius 1 is 1.12 bits per heavy atom. The second-order valence-electron chi connectivity index (χ2n) is 4.21. The average molecular weight is 222 g/mol. The molecule has 3 nitrogen and oxygen atoms in total. The Bertz CT molecular complexity index is 412. The van der Waals surface area contributed by atoms with E-state index in [-0.39, 0.29) is 12.2 Å². The van der Waals surface area contributed by atoms with Crippen LogP contribution in [0.2, 0.25) is 0 Å². The molecule has 0 amide bonds. The number of rotatable bonds is 3. The van der Waals surface area contributed by atoms with Gasteiger partial charge in [0.2, 0.25) is 0 Å². The van der Waals surface area contributed by atoms with Crippen LogP contribution >= 0.6 is 0 Å². The SMILES string of the molecule is COc1cc(C2OC2C)c(OC)c(C)c1C. The molecule has 0 spiro atoms. The van der Waals surface area contributed by atoms with E-state index in [0.29, 0.717) is 0 Å². The van der Waals surface area contributed by atoms with Crippen molar-refractivity contribution in [2.75, 3.05) is 14.2 Å². The molecule has 0 N–H and O–H groups in total. The number of benzene rings is 1. The third kappa shape index (κ3) is 1.65. The van der Waals surface area contributed by atoms with E-state index in [9.17, 15) is 0 Å². The Hall–Kier alpha value is -1.22. The van der Waals surface area contributed by atoms with Crippen molar-refractivity contribution >= 4 is 0 Å². The van der Waals surface area contributed by atoms with Crippen LogP contribution in [-0.4, -0.2) is 20.3 Å². The molecule has 0 radical (unpaired) electrons. The molecular weight excluding hydrogens is 204 g/mol. The number of methoxy groups -OCH3 is 2. The maximum Gasteiger partial charge on any atom is 0.128 e. The fraction of sp³-hybridized carbons (Fsp3) is 0.538. The van der Waals surface area contributed by atoms with Crippen molar-refractivity contribution in [3.05, 3.63) is 22.8 Å². The Morgan fingerprint density at radius 3 is 2.19 bits per heavy atom.